The topological polar surface area (TPSA) is 91.9 Å². The maximum absolute atomic E-state index is 14.7. The zero-order valence-electron chi connectivity index (χ0n) is 37.1. The third-order valence-corrected chi connectivity index (χ3v) is 19.5. The normalized spacial score (nSPS) is 20.0. The van der Waals surface area contributed by atoms with Gasteiger partial charge in [0.25, 0.3) is 5.91 Å². The zero-order chi connectivity index (χ0) is 45.0. The first-order valence-corrected chi connectivity index (χ1v) is 25.3. The van der Waals surface area contributed by atoms with E-state index in [4.69, 9.17) is 13.9 Å². The number of carbonyl (C=O) groups excluding carboxylic acids is 1. The molecule has 3 aliphatic rings. The maximum Gasteiger partial charge on any atom is 0.416 e. The summed E-state index contributed by atoms with van der Waals surface area (Å²) in [5.74, 6) is 0.106. The monoisotopic (exact) mass is 906 g/mol. The summed E-state index contributed by atoms with van der Waals surface area (Å²) in [5.41, 5.74) is 0.411. The highest BCUT2D eigenvalue weighted by Gasteiger charge is 2.52. The van der Waals surface area contributed by atoms with E-state index in [9.17, 15) is 26.4 Å². The van der Waals surface area contributed by atoms with E-state index in [-0.39, 0.29) is 36.3 Å². The molecule has 3 saturated heterocycles. The van der Waals surface area contributed by atoms with Crippen LogP contribution in [-0.2, 0) is 32.1 Å². The molecular weight excluding hydrogens is 846 g/mol. The quantitative estimate of drug-likeness (QED) is 0.134. The number of rotatable bonds is 14. The van der Waals surface area contributed by atoms with Gasteiger partial charge in [0, 0.05) is 77.6 Å². The average molecular weight is 907 g/mol. The summed E-state index contributed by atoms with van der Waals surface area (Å²) >= 11 is 0. The minimum Gasteiger partial charge on any atom is -0.534 e. The van der Waals surface area contributed by atoms with E-state index in [0.29, 0.717) is 51.6 Å². The van der Waals surface area contributed by atoms with Crippen molar-refractivity contribution in [3.63, 3.8) is 0 Å². The Labute approximate surface area is 372 Å². The number of aryl methyl sites for hydroxylation is 1. The van der Waals surface area contributed by atoms with Gasteiger partial charge in [-0.1, -0.05) is 93.6 Å². The van der Waals surface area contributed by atoms with Crippen molar-refractivity contribution >= 4 is 34.6 Å². The molecule has 4 aromatic carbocycles. The fourth-order valence-electron chi connectivity index (χ4n) is 9.36. The van der Waals surface area contributed by atoms with E-state index in [1.165, 1.54) is 4.31 Å². The molecule has 0 bridgehead atoms. The van der Waals surface area contributed by atoms with Gasteiger partial charge < -0.3 is 18.8 Å². The third kappa shape index (κ3) is 10.6. The van der Waals surface area contributed by atoms with Crippen LogP contribution in [0.1, 0.15) is 60.7 Å². The standard InChI is InChI=1S/C48H61F3N4O6SSi/c1-36-18-19-37(29-45(36)61-63(47(2,3)4,43-14-8-6-9-15-43)44-16-10-7-11-17-44)28-40-33-52(22-23-53-26-27-60-41(34-53)35-59-5)24-25-55(40)46(56)38-30-39(48(49,50)51)32-42(31-38)62(57,58)54-20-12-13-21-54/h6-11,14-19,29-32,40-41H,12-13,20-28,33-35H2,1-5H3/t40-,41+/m1/s1. The number of benzene rings is 4. The molecule has 63 heavy (non-hydrogen) atoms. The van der Waals surface area contributed by atoms with E-state index in [2.05, 4.69) is 60.9 Å². The van der Waals surface area contributed by atoms with E-state index < -0.39 is 46.9 Å². The van der Waals surface area contributed by atoms with Crippen LogP contribution in [0.3, 0.4) is 0 Å². The largest absolute Gasteiger partial charge is 0.534 e. The van der Waals surface area contributed by atoms with Gasteiger partial charge in [0.2, 0.25) is 10.0 Å². The molecule has 3 heterocycles. The molecule has 0 aromatic heterocycles. The molecule has 3 aliphatic heterocycles. The van der Waals surface area contributed by atoms with Crippen molar-refractivity contribution < 1.29 is 40.3 Å². The minimum atomic E-state index is -4.87. The van der Waals surface area contributed by atoms with Crippen LogP contribution in [0.25, 0.3) is 0 Å². The van der Waals surface area contributed by atoms with Crippen molar-refractivity contribution in [2.24, 2.45) is 0 Å². The minimum absolute atomic E-state index is 0.0144. The Balaban J connectivity index is 1.23. The Kier molecular flexibility index (Phi) is 14.6. The van der Waals surface area contributed by atoms with Crippen LogP contribution in [0.5, 0.6) is 5.75 Å². The number of alkyl halides is 3. The Hall–Kier alpha value is -4.09. The van der Waals surface area contributed by atoms with E-state index >= 15 is 0 Å². The molecule has 4 aromatic rings. The summed E-state index contributed by atoms with van der Waals surface area (Å²) in [6, 6.07) is 29.0. The number of ether oxygens (including phenoxy) is 2. The van der Waals surface area contributed by atoms with Crippen molar-refractivity contribution in [3.8, 4) is 5.75 Å². The summed E-state index contributed by atoms with van der Waals surface area (Å²) in [5, 5.41) is 1.98. The number of piperazine rings is 1. The fourth-order valence-corrected chi connectivity index (χ4v) is 15.4. The summed E-state index contributed by atoms with van der Waals surface area (Å²) < 4.78 is 90.6. The van der Waals surface area contributed by atoms with E-state index in [0.717, 1.165) is 65.6 Å². The summed E-state index contributed by atoms with van der Waals surface area (Å²) in [7, 11) is -5.61. The smallest absolute Gasteiger partial charge is 0.416 e. The van der Waals surface area contributed by atoms with Gasteiger partial charge in [-0.2, -0.15) is 17.5 Å². The van der Waals surface area contributed by atoms with Crippen molar-refractivity contribution in [3.05, 3.63) is 119 Å². The highest BCUT2D eigenvalue weighted by Crippen LogP contribution is 2.39. The molecule has 10 nitrogen and oxygen atoms in total. The number of hydrogen-bond acceptors (Lipinski definition) is 8. The SMILES string of the molecule is COC[C@@H]1CN(CCN2CCN(C(=O)c3cc(C(F)(F)F)cc(S(=O)(=O)N4CCCC4)c3)[C@H](Cc3ccc(C)c(O[Si](c4ccccc4)(c4ccccc4)C(C)(C)C)c3)C2)CCO1. The molecule has 15 heteroatoms. The predicted molar refractivity (Wildman–Crippen MR) is 242 cm³/mol. The van der Waals surface area contributed by atoms with Crippen LogP contribution >= 0.6 is 0 Å². The lowest BCUT2D eigenvalue weighted by Gasteiger charge is -2.44. The molecule has 1 amide bonds. The van der Waals surface area contributed by atoms with E-state index in [1.807, 2.05) is 55.5 Å². The predicted octanol–water partition coefficient (Wildman–Crippen LogP) is 6.45. The molecule has 340 valence electrons. The van der Waals surface area contributed by atoms with Gasteiger partial charge in [-0.05, 0) is 77.0 Å². The highest BCUT2D eigenvalue weighted by atomic mass is 32.2. The molecule has 0 saturated carbocycles. The van der Waals surface area contributed by atoms with Gasteiger partial charge in [0.1, 0.15) is 5.75 Å². The van der Waals surface area contributed by atoms with Gasteiger partial charge in [-0.25, -0.2) is 8.42 Å². The summed E-state index contributed by atoms with van der Waals surface area (Å²) in [6.07, 6.45) is -3.24. The van der Waals surface area contributed by atoms with Gasteiger partial charge in [0.15, 0.2) is 0 Å². The Bertz CT molecular complexity index is 2250. The molecule has 0 radical (unpaired) electrons. The Morgan fingerprint density at radius 3 is 2.05 bits per heavy atom. The van der Waals surface area contributed by atoms with Crippen LogP contribution < -0.4 is 14.8 Å². The molecule has 2 atom stereocenters. The van der Waals surface area contributed by atoms with Crippen molar-refractivity contribution in [1.82, 2.24) is 19.0 Å². The maximum atomic E-state index is 14.7. The lowest BCUT2D eigenvalue weighted by atomic mass is 9.99. The lowest BCUT2D eigenvalue weighted by molar-refractivity contribution is -0.137. The first-order chi connectivity index (χ1) is 30.0. The Morgan fingerprint density at radius 1 is 0.810 bits per heavy atom. The number of hydrogen-bond donors (Lipinski definition) is 0. The molecule has 0 N–H and O–H groups in total. The van der Waals surface area contributed by atoms with Crippen molar-refractivity contribution in [2.45, 2.75) is 75.2 Å². The first kappa shape index (κ1) is 46.9. The second-order valence-corrected chi connectivity index (χ2v) is 24.3. The number of methoxy groups -OCH3 is 1. The van der Waals surface area contributed by atoms with Gasteiger partial charge >= 0.3 is 14.5 Å². The lowest BCUT2D eigenvalue weighted by Crippen LogP contribution is -2.68. The molecule has 7 rings (SSSR count). The number of sulfonamides is 1. The van der Waals surface area contributed by atoms with Crippen LogP contribution in [0.4, 0.5) is 13.2 Å². The molecule has 3 fully saturated rings. The molecule has 0 unspecified atom stereocenters. The van der Waals surface area contributed by atoms with Gasteiger partial charge in [-0.15, -0.1) is 0 Å². The van der Waals surface area contributed by atoms with E-state index in [1.54, 1.807) is 12.0 Å². The molecule has 0 aliphatic carbocycles. The summed E-state index contributed by atoms with van der Waals surface area (Å²) in [4.78, 5) is 20.5. The van der Waals surface area contributed by atoms with Gasteiger partial charge in [0.05, 0.1) is 29.8 Å². The second-order valence-electron chi connectivity index (χ2n) is 18.1. The average Bonchev–Trinajstić information content (AvgIpc) is 3.82. The number of amides is 1. The fraction of sp³-hybridized carbons (Fsp3) is 0.479. The number of morpholine rings is 1. The van der Waals surface area contributed by atoms with Crippen molar-refractivity contribution in [2.75, 3.05) is 79.2 Å². The first-order valence-electron chi connectivity index (χ1n) is 22.0. The van der Waals surface area contributed by atoms with Crippen molar-refractivity contribution in [1.29, 1.82) is 0 Å². The third-order valence-electron chi connectivity index (χ3n) is 12.7. The van der Waals surface area contributed by atoms with Crippen LogP contribution in [0, 0.1) is 6.92 Å². The number of carbonyl (C=O) groups is 1. The van der Waals surface area contributed by atoms with Gasteiger partial charge in [-0.3, -0.25) is 14.6 Å². The van der Waals surface area contributed by atoms with Crippen LogP contribution in [0.2, 0.25) is 5.04 Å². The zero-order valence-corrected chi connectivity index (χ0v) is 38.9. The number of halogens is 3. The number of nitrogens with zero attached hydrogens (tertiary/aromatic N) is 4. The van der Waals surface area contributed by atoms with Crippen LogP contribution in [0.15, 0.2) is 102 Å². The molecule has 0 spiro atoms. The summed E-state index contributed by atoms with van der Waals surface area (Å²) in [6.45, 7) is 14.5. The second kappa shape index (κ2) is 19.6. The van der Waals surface area contributed by atoms with Crippen LogP contribution in [-0.4, -0.2) is 133 Å². The molecular formula is C48H61F3N4O6SSi. The Morgan fingerprint density at radius 2 is 1.44 bits per heavy atom. The highest BCUT2D eigenvalue weighted by molar-refractivity contribution is 7.89.